The molecule has 0 aromatic heterocycles. The van der Waals surface area contributed by atoms with Gasteiger partial charge in [-0.25, -0.2) is 4.79 Å². The maximum absolute atomic E-state index is 12.8. The largest absolute Gasteiger partial charge is 0.480 e. The van der Waals surface area contributed by atoms with Crippen LogP contribution < -0.4 is 0 Å². The van der Waals surface area contributed by atoms with Crippen molar-refractivity contribution < 1.29 is 24.3 Å². The third-order valence-corrected chi connectivity index (χ3v) is 5.78. The van der Waals surface area contributed by atoms with Crippen LogP contribution in [-0.2, 0) is 14.4 Å². The van der Waals surface area contributed by atoms with Crippen molar-refractivity contribution in [3.63, 3.8) is 0 Å². The number of carbonyl (C=O) groups excluding carboxylic acids is 3. The van der Waals surface area contributed by atoms with Crippen LogP contribution in [0.15, 0.2) is 30.3 Å². The molecule has 7 heteroatoms. The van der Waals surface area contributed by atoms with Crippen molar-refractivity contribution in [2.75, 3.05) is 6.54 Å². The van der Waals surface area contributed by atoms with E-state index >= 15 is 0 Å². The molecule has 1 aromatic carbocycles. The second-order valence-corrected chi connectivity index (χ2v) is 7.87. The third-order valence-electron chi connectivity index (χ3n) is 4.57. The summed E-state index contributed by atoms with van der Waals surface area (Å²) >= 11 is 0.973. The lowest BCUT2D eigenvalue weighted by molar-refractivity contribution is -0.149. The van der Waals surface area contributed by atoms with Crippen LogP contribution in [0.1, 0.15) is 43.5 Å². The molecule has 1 aliphatic rings. The first kappa shape index (κ1) is 20.2. The van der Waals surface area contributed by atoms with Crippen molar-refractivity contribution in [1.29, 1.82) is 0 Å². The van der Waals surface area contributed by atoms with Crippen molar-refractivity contribution in [2.24, 2.45) is 5.92 Å². The van der Waals surface area contributed by atoms with Gasteiger partial charge in [0.1, 0.15) is 6.04 Å². The van der Waals surface area contributed by atoms with Gasteiger partial charge in [0.25, 0.3) is 0 Å². The summed E-state index contributed by atoms with van der Waals surface area (Å²) in [6, 6.07) is 7.91. The fourth-order valence-corrected chi connectivity index (χ4v) is 4.15. The Morgan fingerprint density at radius 3 is 2.46 bits per heavy atom. The molecule has 3 atom stereocenters. The van der Waals surface area contributed by atoms with E-state index in [0.717, 1.165) is 11.8 Å². The topological polar surface area (TPSA) is 91.8 Å². The first-order valence-electron chi connectivity index (χ1n) is 8.60. The average molecular weight is 377 g/mol. The zero-order chi connectivity index (χ0) is 19.3. The van der Waals surface area contributed by atoms with Crippen LogP contribution in [0.4, 0.5) is 0 Å². The van der Waals surface area contributed by atoms with Crippen LogP contribution in [-0.4, -0.2) is 50.6 Å². The number of ketones is 1. The van der Waals surface area contributed by atoms with Gasteiger partial charge in [0.15, 0.2) is 10.9 Å². The molecule has 0 aliphatic carbocycles. The summed E-state index contributed by atoms with van der Waals surface area (Å²) in [4.78, 5) is 49.7. The molecular weight excluding hydrogens is 354 g/mol. The van der Waals surface area contributed by atoms with Crippen LogP contribution in [0.3, 0.4) is 0 Å². The lowest BCUT2D eigenvalue weighted by atomic mass is 9.98. The number of thioether (sulfide) groups is 1. The van der Waals surface area contributed by atoms with Crippen molar-refractivity contribution in [3.05, 3.63) is 35.9 Å². The Balaban J connectivity index is 2.14. The van der Waals surface area contributed by atoms with Crippen molar-refractivity contribution in [3.8, 4) is 0 Å². The number of Topliss-reactive ketones (excluding diaryl/α,β-unsaturated/α-hetero) is 1. The molecule has 140 valence electrons. The minimum Gasteiger partial charge on any atom is -0.480 e. The molecule has 0 radical (unpaired) electrons. The van der Waals surface area contributed by atoms with Gasteiger partial charge in [-0.3, -0.25) is 14.4 Å². The number of likely N-dealkylation sites (tertiary alicyclic amines) is 1. The zero-order valence-corrected chi connectivity index (χ0v) is 15.7. The highest BCUT2D eigenvalue weighted by atomic mass is 32.2. The lowest BCUT2D eigenvalue weighted by Gasteiger charge is -2.28. The molecular formula is C19H23NO5S. The number of benzene rings is 1. The van der Waals surface area contributed by atoms with Gasteiger partial charge >= 0.3 is 5.97 Å². The highest BCUT2D eigenvalue weighted by Crippen LogP contribution is 2.29. The van der Waals surface area contributed by atoms with Gasteiger partial charge in [-0.15, -0.1) is 0 Å². The molecule has 26 heavy (non-hydrogen) atoms. The molecule has 1 aromatic rings. The predicted molar refractivity (Wildman–Crippen MR) is 99.0 cm³/mol. The van der Waals surface area contributed by atoms with E-state index in [1.165, 1.54) is 11.8 Å². The average Bonchev–Trinajstić information content (AvgIpc) is 3.10. The van der Waals surface area contributed by atoms with E-state index in [1.807, 2.05) is 6.07 Å². The van der Waals surface area contributed by atoms with Crippen LogP contribution in [0.5, 0.6) is 0 Å². The molecule has 6 nitrogen and oxygen atoms in total. The number of hydrogen-bond donors (Lipinski definition) is 1. The smallest absolute Gasteiger partial charge is 0.326 e. The first-order chi connectivity index (χ1) is 12.3. The second kappa shape index (κ2) is 8.98. The number of carboxylic acids is 1. The minimum atomic E-state index is -1.01. The summed E-state index contributed by atoms with van der Waals surface area (Å²) in [5.41, 5.74) is 0.533. The van der Waals surface area contributed by atoms with E-state index in [1.54, 1.807) is 31.2 Å². The maximum atomic E-state index is 12.8. The van der Waals surface area contributed by atoms with Gasteiger partial charge in [0.05, 0.1) is 0 Å². The summed E-state index contributed by atoms with van der Waals surface area (Å²) in [7, 11) is 0. The number of hydrogen-bond acceptors (Lipinski definition) is 5. The zero-order valence-electron chi connectivity index (χ0n) is 14.9. The number of nitrogens with zero attached hydrogens (tertiary/aromatic N) is 1. The number of rotatable bonds is 7. The Labute approximate surface area is 156 Å². The summed E-state index contributed by atoms with van der Waals surface area (Å²) in [6.07, 6.45) is 1.12. The highest BCUT2D eigenvalue weighted by Gasteiger charge is 2.39. The van der Waals surface area contributed by atoms with Gasteiger partial charge in [-0.2, -0.15) is 0 Å². The van der Waals surface area contributed by atoms with Gasteiger partial charge < -0.3 is 10.0 Å². The molecule has 1 fully saturated rings. The lowest BCUT2D eigenvalue weighted by Crippen LogP contribution is -2.45. The predicted octanol–water partition coefficient (Wildman–Crippen LogP) is 2.62. The van der Waals surface area contributed by atoms with Gasteiger partial charge in [0, 0.05) is 36.6 Å². The Kier molecular flexibility index (Phi) is 6.97. The maximum Gasteiger partial charge on any atom is 0.326 e. The van der Waals surface area contributed by atoms with E-state index in [9.17, 15) is 24.3 Å². The Hall–Kier alpha value is -2.15. The highest BCUT2D eigenvalue weighted by molar-refractivity contribution is 8.14. The molecule has 0 unspecified atom stereocenters. The molecule has 1 heterocycles. The first-order valence-corrected chi connectivity index (χ1v) is 9.48. The SMILES string of the molecule is CC(=O)S[C@@H](CC(=O)c1ccccc1)[C@H](C)C(=O)N1CCC[C@H]1C(=O)O. The van der Waals surface area contributed by atoms with Crippen molar-refractivity contribution in [2.45, 2.75) is 44.4 Å². The number of aliphatic carboxylic acids is 1. The van der Waals surface area contributed by atoms with Crippen LogP contribution in [0.2, 0.25) is 0 Å². The third kappa shape index (κ3) is 4.94. The molecule has 1 amide bonds. The number of carboxylic acid groups (broad SMARTS) is 1. The van der Waals surface area contributed by atoms with Gasteiger partial charge in [0.2, 0.25) is 5.91 Å². The van der Waals surface area contributed by atoms with E-state index < -0.39 is 23.2 Å². The molecule has 0 spiro atoms. The molecule has 1 saturated heterocycles. The Bertz CT molecular complexity index is 690. The summed E-state index contributed by atoms with van der Waals surface area (Å²) in [5.74, 6) is -2.09. The van der Waals surface area contributed by atoms with Crippen LogP contribution in [0, 0.1) is 5.92 Å². The molecule has 1 N–H and O–H groups in total. The monoisotopic (exact) mass is 377 g/mol. The van der Waals surface area contributed by atoms with E-state index in [-0.39, 0.29) is 23.2 Å². The Morgan fingerprint density at radius 2 is 1.88 bits per heavy atom. The normalized spacial score (nSPS) is 19.0. The van der Waals surface area contributed by atoms with Gasteiger partial charge in [-0.05, 0) is 12.8 Å². The number of amides is 1. The van der Waals surface area contributed by atoms with Crippen LogP contribution in [0.25, 0.3) is 0 Å². The molecule has 2 rings (SSSR count). The summed E-state index contributed by atoms with van der Waals surface area (Å²) in [6.45, 7) is 3.46. The minimum absolute atomic E-state index is 0.0484. The quantitative estimate of drug-likeness (QED) is 0.735. The molecule has 0 bridgehead atoms. The molecule has 1 aliphatic heterocycles. The van der Waals surface area contributed by atoms with E-state index in [4.69, 9.17) is 0 Å². The standard InChI is InChI=1S/C19H23NO5S/c1-12(18(23)20-10-6-9-15(20)19(24)25)17(26-13(2)21)11-16(22)14-7-4-3-5-8-14/h3-5,7-8,12,15,17H,6,9-11H2,1-2H3,(H,24,25)/t12-,15-,17-/m0/s1. The van der Waals surface area contributed by atoms with E-state index in [0.29, 0.717) is 24.9 Å². The van der Waals surface area contributed by atoms with Crippen LogP contribution >= 0.6 is 11.8 Å². The molecule has 0 saturated carbocycles. The number of carbonyl (C=O) groups is 4. The summed E-state index contributed by atoms with van der Waals surface area (Å²) < 4.78 is 0. The fourth-order valence-electron chi connectivity index (χ4n) is 3.17. The van der Waals surface area contributed by atoms with Crippen molar-refractivity contribution >= 4 is 34.5 Å². The van der Waals surface area contributed by atoms with Crippen molar-refractivity contribution in [1.82, 2.24) is 4.90 Å². The summed E-state index contributed by atoms with van der Waals surface area (Å²) in [5, 5.41) is 8.59. The van der Waals surface area contributed by atoms with E-state index in [2.05, 4.69) is 0 Å². The van der Waals surface area contributed by atoms with Gasteiger partial charge in [-0.1, -0.05) is 49.0 Å². The fraction of sp³-hybridized carbons (Fsp3) is 0.474. The Morgan fingerprint density at radius 1 is 1.23 bits per heavy atom. The second-order valence-electron chi connectivity index (χ2n) is 6.46.